The molecule has 5 heteroatoms. The molecule has 2 rings (SSSR count). The molecule has 0 aliphatic rings. The monoisotopic (exact) mass is 261 g/mol. The molecule has 0 aliphatic carbocycles. The van der Waals surface area contributed by atoms with Gasteiger partial charge >= 0.3 is 5.97 Å². The van der Waals surface area contributed by atoms with Crippen molar-refractivity contribution in [3.8, 4) is 0 Å². The molecular formula is C14H19N3O2. The number of aromatic nitrogens is 2. The van der Waals surface area contributed by atoms with Crippen molar-refractivity contribution in [3.05, 3.63) is 30.1 Å². The highest BCUT2D eigenvalue weighted by Gasteiger charge is 2.18. The molecule has 1 atom stereocenters. The Kier molecular flexibility index (Phi) is 3.85. The van der Waals surface area contributed by atoms with Gasteiger partial charge in [0, 0.05) is 6.54 Å². The Bertz CT molecular complexity index is 589. The topological polar surface area (TPSA) is 58.4 Å². The van der Waals surface area contributed by atoms with Gasteiger partial charge in [-0.2, -0.15) is 0 Å². The molecule has 102 valence electrons. The average molecular weight is 261 g/mol. The highest BCUT2D eigenvalue weighted by atomic mass is 16.4. The smallest absolute Gasteiger partial charge is 0.305 e. The van der Waals surface area contributed by atoms with Crippen molar-refractivity contribution in [1.29, 1.82) is 0 Å². The van der Waals surface area contributed by atoms with E-state index in [1.54, 1.807) is 0 Å². The van der Waals surface area contributed by atoms with Crippen molar-refractivity contribution in [2.75, 3.05) is 14.1 Å². The van der Waals surface area contributed by atoms with Gasteiger partial charge in [-0.25, -0.2) is 4.98 Å². The molecule has 1 aromatic heterocycles. The zero-order chi connectivity index (χ0) is 14.0. The van der Waals surface area contributed by atoms with Gasteiger partial charge in [-0.05, 0) is 33.2 Å². The fourth-order valence-corrected chi connectivity index (χ4v) is 2.09. The van der Waals surface area contributed by atoms with Gasteiger partial charge in [-0.1, -0.05) is 12.1 Å². The van der Waals surface area contributed by atoms with E-state index in [2.05, 4.69) is 16.8 Å². The number of carboxylic acids is 1. The molecule has 0 aliphatic heterocycles. The van der Waals surface area contributed by atoms with E-state index in [-0.39, 0.29) is 12.5 Å². The fourth-order valence-electron chi connectivity index (χ4n) is 2.09. The number of nitrogens with zero attached hydrogens (tertiary/aromatic N) is 3. The van der Waals surface area contributed by atoms with Crippen LogP contribution in [0.25, 0.3) is 11.0 Å². The summed E-state index contributed by atoms with van der Waals surface area (Å²) >= 11 is 0. The normalized spacial score (nSPS) is 13.1. The molecule has 1 heterocycles. The Morgan fingerprint density at radius 3 is 2.74 bits per heavy atom. The summed E-state index contributed by atoms with van der Waals surface area (Å²) in [6, 6.07) is 7.97. The number of carboxylic acid groups (broad SMARTS) is 1. The minimum Gasteiger partial charge on any atom is -0.481 e. The molecule has 1 aromatic carbocycles. The van der Waals surface area contributed by atoms with Crippen LogP contribution in [0.3, 0.4) is 0 Å². The number of aliphatic carboxylic acids is 1. The number of para-hydroxylation sites is 2. The lowest BCUT2D eigenvalue weighted by atomic mass is 10.3. The summed E-state index contributed by atoms with van der Waals surface area (Å²) in [4.78, 5) is 17.5. The number of hydrogen-bond donors (Lipinski definition) is 1. The van der Waals surface area contributed by atoms with Gasteiger partial charge in [0.05, 0.1) is 23.5 Å². The number of rotatable bonds is 5. The van der Waals surface area contributed by atoms with Crippen molar-refractivity contribution in [1.82, 2.24) is 14.5 Å². The lowest BCUT2D eigenvalue weighted by molar-refractivity contribution is -0.137. The summed E-state index contributed by atoms with van der Waals surface area (Å²) in [5, 5.41) is 8.88. The number of hydrogen-bond acceptors (Lipinski definition) is 3. The van der Waals surface area contributed by atoms with Crippen LogP contribution >= 0.6 is 0 Å². The van der Waals surface area contributed by atoms with Crippen LogP contribution in [-0.2, 0) is 11.3 Å². The highest BCUT2D eigenvalue weighted by molar-refractivity contribution is 5.76. The van der Waals surface area contributed by atoms with Crippen molar-refractivity contribution in [3.63, 3.8) is 0 Å². The lowest BCUT2D eigenvalue weighted by Crippen LogP contribution is -2.21. The first-order chi connectivity index (χ1) is 9.00. The van der Waals surface area contributed by atoms with Crippen LogP contribution < -0.4 is 0 Å². The van der Waals surface area contributed by atoms with E-state index in [1.165, 1.54) is 0 Å². The van der Waals surface area contributed by atoms with Gasteiger partial charge in [0.25, 0.3) is 0 Å². The van der Waals surface area contributed by atoms with Crippen LogP contribution in [0.5, 0.6) is 0 Å². The van der Waals surface area contributed by atoms with Gasteiger partial charge in [0.15, 0.2) is 0 Å². The van der Waals surface area contributed by atoms with Crippen molar-refractivity contribution in [2.24, 2.45) is 0 Å². The second kappa shape index (κ2) is 5.40. The maximum absolute atomic E-state index is 10.8. The quantitative estimate of drug-likeness (QED) is 0.895. The van der Waals surface area contributed by atoms with E-state index >= 15 is 0 Å². The molecule has 0 bridgehead atoms. The maximum Gasteiger partial charge on any atom is 0.305 e. The Morgan fingerprint density at radius 2 is 2.11 bits per heavy atom. The molecule has 0 saturated heterocycles. The van der Waals surface area contributed by atoms with Gasteiger partial charge in [0.1, 0.15) is 5.82 Å². The second-order valence-corrected chi connectivity index (χ2v) is 4.89. The average Bonchev–Trinajstić information content (AvgIpc) is 2.73. The van der Waals surface area contributed by atoms with E-state index in [0.717, 1.165) is 16.9 Å². The molecule has 19 heavy (non-hydrogen) atoms. The van der Waals surface area contributed by atoms with Crippen LogP contribution in [0.4, 0.5) is 0 Å². The molecule has 0 saturated carbocycles. The minimum absolute atomic E-state index is 0.105. The summed E-state index contributed by atoms with van der Waals surface area (Å²) in [7, 11) is 3.98. The molecule has 0 spiro atoms. The van der Waals surface area contributed by atoms with Crippen LogP contribution in [0.2, 0.25) is 0 Å². The zero-order valence-electron chi connectivity index (χ0n) is 11.5. The number of benzene rings is 1. The molecular weight excluding hydrogens is 242 g/mol. The summed E-state index contributed by atoms with van der Waals surface area (Å²) in [5.41, 5.74) is 1.91. The summed E-state index contributed by atoms with van der Waals surface area (Å²) < 4.78 is 2.01. The Balaban J connectivity index is 2.48. The Morgan fingerprint density at radius 1 is 1.42 bits per heavy atom. The molecule has 1 N–H and O–H groups in total. The minimum atomic E-state index is -0.791. The van der Waals surface area contributed by atoms with Crippen LogP contribution in [0, 0.1) is 0 Å². The largest absolute Gasteiger partial charge is 0.481 e. The van der Waals surface area contributed by atoms with Gasteiger partial charge < -0.3 is 9.67 Å². The van der Waals surface area contributed by atoms with Crippen LogP contribution in [0.1, 0.15) is 25.2 Å². The number of aryl methyl sites for hydroxylation is 1. The lowest BCUT2D eigenvalue weighted by Gasteiger charge is -2.20. The van der Waals surface area contributed by atoms with Gasteiger partial charge in [0.2, 0.25) is 0 Å². The third-order valence-electron chi connectivity index (χ3n) is 3.38. The first-order valence-electron chi connectivity index (χ1n) is 6.34. The molecule has 1 unspecified atom stereocenters. The van der Waals surface area contributed by atoms with Gasteiger partial charge in [-0.3, -0.25) is 9.69 Å². The van der Waals surface area contributed by atoms with E-state index in [0.29, 0.717) is 6.54 Å². The van der Waals surface area contributed by atoms with E-state index < -0.39 is 5.97 Å². The third-order valence-corrected chi connectivity index (χ3v) is 3.38. The van der Waals surface area contributed by atoms with Crippen molar-refractivity contribution < 1.29 is 9.90 Å². The third kappa shape index (κ3) is 2.76. The summed E-state index contributed by atoms with van der Waals surface area (Å²) in [5.74, 6) is 0.119. The zero-order valence-corrected chi connectivity index (χ0v) is 11.5. The molecule has 0 amide bonds. The Labute approximate surface area is 112 Å². The van der Waals surface area contributed by atoms with Crippen LogP contribution in [0.15, 0.2) is 24.3 Å². The van der Waals surface area contributed by atoms with Gasteiger partial charge in [-0.15, -0.1) is 0 Å². The van der Waals surface area contributed by atoms with E-state index in [1.807, 2.05) is 42.9 Å². The highest BCUT2D eigenvalue weighted by Crippen LogP contribution is 2.23. The summed E-state index contributed by atoms with van der Waals surface area (Å²) in [6.45, 7) is 2.52. The number of fused-ring (bicyclic) bond motifs is 1. The maximum atomic E-state index is 10.8. The van der Waals surface area contributed by atoms with E-state index in [4.69, 9.17) is 5.11 Å². The SMILES string of the molecule is CC(c1nc2ccccc2n1CCC(=O)O)N(C)C. The second-order valence-electron chi connectivity index (χ2n) is 4.89. The first kappa shape index (κ1) is 13.5. The summed E-state index contributed by atoms with van der Waals surface area (Å²) in [6.07, 6.45) is 0.105. The molecule has 0 fully saturated rings. The molecule has 0 radical (unpaired) electrons. The van der Waals surface area contributed by atoms with Crippen LogP contribution in [-0.4, -0.2) is 39.6 Å². The number of imidazole rings is 1. The Hall–Kier alpha value is -1.88. The van der Waals surface area contributed by atoms with Crippen molar-refractivity contribution >= 4 is 17.0 Å². The molecule has 5 nitrogen and oxygen atoms in total. The molecule has 2 aromatic rings. The van der Waals surface area contributed by atoms with Crippen molar-refractivity contribution in [2.45, 2.75) is 25.9 Å². The standard InChI is InChI=1S/C14H19N3O2/c1-10(16(2)3)14-15-11-6-4-5-7-12(11)17(14)9-8-13(18)19/h4-7,10H,8-9H2,1-3H3,(H,18,19). The predicted molar refractivity (Wildman–Crippen MR) is 74.1 cm³/mol. The number of carbonyl (C=O) groups is 1. The van der Waals surface area contributed by atoms with E-state index in [9.17, 15) is 4.79 Å². The fraction of sp³-hybridized carbons (Fsp3) is 0.429. The first-order valence-corrected chi connectivity index (χ1v) is 6.34. The predicted octanol–water partition coefficient (Wildman–Crippen LogP) is 2.13.